The number of primary sulfonamides is 1. The average Bonchev–Trinajstić information content (AvgIpc) is 2.36. The molecule has 0 saturated carbocycles. The largest absolute Gasteiger partial charge is 0.478 e. The fourth-order valence-electron chi connectivity index (χ4n) is 1.46. The van der Waals surface area contributed by atoms with Crippen molar-refractivity contribution in [2.24, 2.45) is 10.9 Å². The van der Waals surface area contributed by atoms with Crippen LogP contribution in [0.15, 0.2) is 23.1 Å². The molecule has 0 unspecified atom stereocenters. The summed E-state index contributed by atoms with van der Waals surface area (Å²) in [5, 5.41) is 16.8. The number of rotatable bonds is 8. The maximum Gasteiger partial charge on any atom is 0.337 e. The van der Waals surface area contributed by atoms with Gasteiger partial charge in [0.2, 0.25) is 15.9 Å². The second-order valence-electron chi connectivity index (χ2n) is 4.00. The van der Waals surface area contributed by atoms with Crippen molar-refractivity contribution in [1.29, 1.82) is 0 Å². The van der Waals surface area contributed by atoms with Gasteiger partial charge in [-0.25, -0.2) is 18.4 Å². The second-order valence-corrected chi connectivity index (χ2v) is 5.56. The summed E-state index contributed by atoms with van der Waals surface area (Å²) >= 11 is 0. The van der Waals surface area contributed by atoms with Crippen LogP contribution in [0.25, 0.3) is 0 Å². The number of carbonyl (C=O) groups is 2. The molecule has 0 fully saturated rings. The summed E-state index contributed by atoms with van der Waals surface area (Å²) in [5.74, 6) is -1.92. The molecule has 0 aliphatic heterocycles. The van der Waals surface area contributed by atoms with Crippen molar-refractivity contribution in [1.82, 2.24) is 0 Å². The van der Waals surface area contributed by atoms with Gasteiger partial charge in [0.15, 0.2) is 0 Å². The summed E-state index contributed by atoms with van der Waals surface area (Å²) in [7, 11) is -3.98. The van der Waals surface area contributed by atoms with Crippen molar-refractivity contribution in [2.75, 3.05) is 25.1 Å². The van der Waals surface area contributed by atoms with Gasteiger partial charge in [0.05, 0.1) is 17.1 Å². The minimum atomic E-state index is -3.98. The fourth-order valence-corrected chi connectivity index (χ4v) is 2.00. The smallest absolute Gasteiger partial charge is 0.337 e. The molecule has 0 spiro atoms. The number of benzene rings is 1. The summed E-state index contributed by atoms with van der Waals surface area (Å²) in [6.07, 6.45) is 0. The van der Waals surface area contributed by atoms with Crippen molar-refractivity contribution < 1.29 is 27.9 Å². The van der Waals surface area contributed by atoms with Crippen molar-refractivity contribution >= 4 is 27.6 Å². The van der Waals surface area contributed by atoms with Crippen LogP contribution in [-0.2, 0) is 19.6 Å². The number of nitrogens with one attached hydrogen (secondary N) is 1. The Morgan fingerprint density at radius 3 is 2.52 bits per heavy atom. The Labute approximate surface area is 120 Å². The minimum Gasteiger partial charge on any atom is -0.478 e. The quantitative estimate of drug-likeness (QED) is 0.444. The van der Waals surface area contributed by atoms with E-state index in [2.05, 4.69) is 5.32 Å². The maximum atomic E-state index is 11.2. The van der Waals surface area contributed by atoms with Crippen LogP contribution in [0.1, 0.15) is 10.4 Å². The third kappa shape index (κ3) is 5.38. The molecule has 9 nitrogen and oxygen atoms in total. The number of hydrogen-bond acceptors (Lipinski definition) is 6. The molecule has 10 heteroatoms. The van der Waals surface area contributed by atoms with E-state index in [4.69, 9.17) is 20.7 Å². The number of primary amides is 1. The zero-order valence-corrected chi connectivity index (χ0v) is 11.7. The third-order valence-electron chi connectivity index (χ3n) is 2.36. The number of sulfonamides is 1. The first-order valence-corrected chi connectivity index (χ1v) is 7.26. The van der Waals surface area contributed by atoms with Crippen LogP contribution < -0.4 is 16.2 Å². The van der Waals surface area contributed by atoms with Gasteiger partial charge in [-0.1, -0.05) is 0 Å². The first-order chi connectivity index (χ1) is 9.71. The number of anilines is 1. The number of carboxylic acid groups (broad SMARTS) is 1. The maximum absolute atomic E-state index is 11.2. The Balaban J connectivity index is 2.78. The number of carbonyl (C=O) groups excluding carboxylic acids is 1. The van der Waals surface area contributed by atoms with Gasteiger partial charge in [-0.2, -0.15) is 0 Å². The Kier molecular flexibility index (Phi) is 5.64. The molecule has 0 bridgehead atoms. The Bertz CT molecular complexity index is 643. The van der Waals surface area contributed by atoms with E-state index in [1.807, 2.05) is 0 Å². The van der Waals surface area contributed by atoms with Gasteiger partial charge in [-0.15, -0.1) is 0 Å². The molecule has 6 N–H and O–H groups in total. The van der Waals surface area contributed by atoms with Gasteiger partial charge in [0.1, 0.15) is 6.61 Å². The Hall–Kier alpha value is -2.17. The van der Waals surface area contributed by atoms with Crippen LogP contribution in [0.4, 0.5) is 5.69 Å². The van der Waals surface area contributed by atoms with E-state index < -0.39 is 21.9 Å². The molecular formula is C11H15N3O6S. The van der Waals surface area contributed by atoms with Gasteiger partial charge in [-0.05, 0) is 18.2 Å². The predicted octanol–water partition coefficient (Wildman–Crippen LogP) is -1.05. The van der Waals surface area contributed by atoms with Crippen molar-refractivity contribution in [3.8, 4) is 0 Å². The first-order valence-electron chi connectivity index (χ1n) is 5.72. The van der Waals surface area contributed by atoms with E-state index in [-0.39, 0.29) is 35.9 Å². The lowest BCUT2D eigenvalue weighted by Crippen LogP contribution is -2.21. The minimum absolute atomic E-state index is 0.124. The summed E-state index contributed by atoms with van der Waals surface area (Å²) in [5.41, 5.74) is 4.84. The monoisotopic (exact) mass is 317 g/mol. The standard InChI is InChI=1S/C11H15N3O6S/c12-10(15)6-20-4-3-14-9-2-1-7(21(13,18)19)5-8(9)11(16)17/h1-2,5,14H,3-4,6H2,(H2,12,15)(H,16,17)(H2,13,18,19). The fraction of sp³-hybridized carbons (Fsp3) is 0.273. The predicted molar refractivity (Wildman–Crippen MR) is 73.3 cm³/mol. The molecule has 0 heterocycles. The van der Waals surface area contributed by atoms with Gasteiger partial charge < -0.3 is 20.9 Å². The molecule has 1 aromatic rings. The van der Waals surface area contributed by atoms with E-state index in [1.165, 1.54) is 12.1 Å². The lowest BCUT2D eigenvalue weighted by atomic mass is 10.2. The summed E-state index contributed by atoms with van der Waals surface area (Å²) in [6, 6.07) is 3.44. The summed E-state index contributed by atoms with van der Waals surface area (Å²) < 4.78 is 27.3. The topological polar surface area (TPSA) is 162 Å². The molecule has 0 aromatic heterocycles. The van der Waals surface area contributed by atoms with Crippen LogP contribution in [0.3, 0.4) is 0 Å². The number of nitrogens with two attached hydrogens (primary N) is 2. The first kappa shape index (κ1) is 16.9. The van der Waals surface area contributed by atoms with Crippen LogP contribution in [0.2, 0.25) is 0 Å². The molecule has 1 rings (SSSR count). The lowest BCUT2D eigenvalue weighted by Gasteiger charge is -2.10. The average molecular weight is 317 g/mol. The number of hydrogen-bond donors (Lipinski definition) is 4. The van der Waals surface area contributed by atoms with E-state index in [9.17, 15) is 18.0 Å². The van der Waals surface area contributed by atoms with Crippen molar-refractivity contribution in [3.63, 3.8) is 0 Å². The summed E-state index contributed by atoms with van der Waals surface area (Å²) in [6.45, 7) is 0.0963. The number of amides is 1. The molecule has 0 radical (unpaired) electrons. The Morgan fingerprint density at radius 2 is 2.00 bits per heavy atom. The molecule has 0 aliphatic rings. The zero-order valence-electron chi connectivity index (χ0n) is 10.9. The summed E-state index contributed by atoms with van der Waals surface area (Å²) in [4.78, 5) is 21.3. The molecule has 0 saturated heterocycles. The lowest BCUT2D eigenvalue weighted by molar-refractivity contribution is -0.122. The van der Waals surface area contributed by atoms with Crippen LogP contribution in [-0.4, -0.2) is 45.2 Å². The molecule has 0 atom stereocenters. The normalized spacial score (nSPS) is 11.1. The number of aromatic carboxylic acids is 1. The van der Waals surface area contributed by atoms with Crippen LogP contribution >= 0.6 is 0 Å². The molecule has 1 aromatic carbocycles. The van der Waals surface area contributed by atoms with Crippen LogP contribution in [0, 0.1) is 0 Å². The van der Waals surface area contributed by atoms with Crippen molar-refractivity contribution in [3.05, 3.63) is 23.8 Å². The third-order valence-corrected chi connectivity index (χ3v) is 3.27. The van der Waals surface area contributed by atoms with Gasteiger partial charge in [0.25, 0.3) is 0 Å². The van der Waals surface area contributed by atoms with Gasteiger partial charge >= 0.3 is 5.97 Å². The van der Waals surface area contributed by atoms with Crippen molar-refractivity contribution in [2.45, 2.75) is 4.90 Å². The highest BCUT2D eigenvalue weighted by Gasteiger charge is 2.15. The Morgan fingerprint density at radius 1 is 1.33 bits per heavy atom. The molecule has 0 aliphatic carbocycles. The van der Waals surface area contributed by atoms with E-state index in [1.54, 1.807) is 0 Å². The second kappa shape index (κ2) is 7.02. The number of carboxylic acids is 1. The highest BCUT2D eigenvalue weighted by atomic mass is 32.2. The number of ether oxygens (including phenoxy) is 1. The zero-order chi connectivity index (χ0) is 16.0. The highest BCUT2D eigenvalue weighted by Crippen LogP contribution is 2.19. The highest BCUT2D eigenvalue weighted by molar-refractivity contribution is 7.89. The molecule has 21 heavy (non-hydrogen) atoms. The van der Waals surface area contributed by atoms with E-state index in [0.29, 0.717) is 0 Å². The SMILES string of the molecule is NC(=O)COCCNc1ccc(S(N)(=O)=O)cc1C(=O)O. The van der Waals surface area contributed by atoms with E-state index in [0.717, 1.165) is 6.07 Å². The molecule has 1 amide bonds. The van der Waals surface area contributed by atoms with Gasteiger partial charge in [-0.3, -0.25) is 4.79 Å². The van der Waals surface area contributed by atoms with Gasteiger partial charge in [0, 0.05) is 12.2 Å². The molecular weight excluding hydrogens is 302 g/mol. The van der Waals surface area contributed by atoms with E-state index >= 15 is 0 Å². The molecule has 116 valence electrons. The van der Waals surface area contributed by atoms with Crippen LogP contribution in [0.5, 0.6) is 0 Å².